The number of rotatable bonds is 3. The summed E-state index contributed by atoms with van der Waals surface area (Å²) in [5.41, 5.74) is 13.7. The minimum atomic E-state index is 0.280. The van der Waals surface area contributed by atoms with E-state index in [-0.39, 0.29) is 5.92 Å². The van der Waals surface area contributed by atoms with E-state index in [1.807, 2.05) is 0 Å². The zero-order chi connectivity index (χ0) is 27.2. The Balaban J connectivity index is 1.25. The Morgan fingerprint density at radius 3 is 2.34 bits per heavy atom. The first-order valence-electron chi connectivity index (χ1n) is 14.9. The summed E-state index contributed by atoms with van der Waals surface area (Å²) in [6, 6.07) is 40.9. The number of allylic oxidation sites excluding steroid dienone is 6. The van der Waals surface area contributed by atoms with Gasteiger partial charge >= 0.3 is 0 Å². The highest BCUT2D eigenvalue weighted by Crippen LogP contribution is 2.50. The lowest BCUT2D eigenvalue weighted by atomic mass is 9.66. The van der Waals surface area contributed by atoms with E-state index in [0.717, 1.165) is 12.8 Å². The molecule has 41 heavy (non-hydrogen) atoms. The van der Waals surface area contributed by atoms with Crippen molar-refractivity contribution in [2.24, 2.45) is 5.92 Å². The van der Waals surface area contributed by atoms with Crippen LogP contribution in [0.15, 0.2) is 145 Å². The van der Waals surface area contributed by atoms with Crippen LogP contribution in [-0.4, -0.2) is 0 Å². The van der Waals surface area contributed by atoms with Crippen LogP contribution >= 0.6 is 0 Å². The van der Waals surface area contributed by atoms with Gasteiger partial charge in [-0.05, 0) is 85.7 Å². The molecule has 3 aliphatic carbocycles. The van der Waals surface area contributed by atoms with Crippen LogP contribution < -0.4 is 0 Å². The summed E-state index contributed by atoms with van der Waals surface area (Å²) in [6.45, 7) is 0. The third-order valence-electron chi connectivity index (χ3n) is 9.20. The molecule has 0 heterocycles. The Labute approximate surface area is 242 Å². The summed E-state index contributed by atoms with van der Waals surface area (Å²) in [5, 5.41) is 2.60. The van der Waals surface area contributed by atoms with Crippen LogP contribution in [0, 0.1) is 5.92 Å². The number of fused-ring (bicyclic) bond motifs is 4. The molecule has 5 aromatic carbocycles. The monoisotopic (exact) mass is 524 g/mol. The molecular weight excluding hydrogens is 492 g/mol. The van der Waals surface area contributed by atoms with Gasteiger partial charge in [0, 0.05) is 11.8 Å². The number of benzene rings is 5. The molecule has 8 rings (SSSR count). The zero-order valence-corrected chi connectivity index (χ0v) is 23.1. The van der Waals surface area contributed by atoms with Gasteiger partial charge in [0.2, 0.25) is 0 Å². The third kappa shape index (κ3) is 4.14. The summed E-state index contributed by atoms with van der Waals surface area (Å²) in [5.74, 6) is 0.574. The van der Waals surface area contributed by atoms with E-state index >= 15 is 0 Å². The molecule has 0 amide bonds. The standard InChI is InChI=1S/C41H32/c1-2-12-29-14-10-20-35(34(29)15-3-1)30-22-24-31(25-23-30)40-36-16-6-8-18-38(36)41(39-19-9-7-17-37(39)40)33-26-21-28-11-4-5-13-32(28)27-33/h2,4-14,16-27,38,41H,1,3,15H2. The van der Waals surface area contributed by atoms with Crippen molar-refractivity contribution in [3.05, 3.63) is 179 Å². The van der Waals surface area contributed by atoms with Gasteiger partial charge in [-0.2, -0.15) is 0 Å². The molecule has 2 unspecified atom stereocenters. The molecule has 0 N–H and O–H groups in total. The van der Waals surface area contributed by atoms with E-state index in [9.17, 15) is 0 Å². The van der Waals surface area contributed by atoms with Crippen molar-refractivity contribution in [2.45, 2.75) is 25.2 Å². The zero-order valence-electron chi connectivity index (χ0n) is 23.1. The normalized spacial score (nSPS) is 19.0. The second-order valence-corrected chi connectivity index (χ2v) is 11.5. The largest absolute Gasteiger partial charge is 0.0839 e. The van der Waals surface area contributed by atoms with Gasteiger partial charge in [-0.15, -0.1) is 0 Å². The van der Waals surface area contributed by atoms with Gasteiger partial charge in [0.25, 0.3) is 0 Å². The molecule has 196 valence electrons. The first-order valence-corrected chi connectivity index (χ1v) is 14.9. The first kappa shape index (κ1) is 24.1. The predicted molar refractivity (Wildman–Crippen MR) is 174 cm³/mol. The van der Waals surface area contributed by atoms with Crippen LogP contribution in [0.1, 0.15) is 52.1 Å². The highest BCUT2D eigenvalue weighted by Gasteiger charge is 2.35. The molecule has 2 atom stereocenters. The van der Waals surface area contributed by atoms with Crippen molar-refractivity contribution >= 4 is 22.4 Å². The third-order valence-corrected chi connectivity index (χ3v) is 9.20. The Kier molecular flexibility index (Phi) is 5.92. The molecule has 0 fully saturated rings. The molecule has 5 aromatic rings. The fourth-order valence-corrected chi connectivity index (χ4v) is 7.29. The molecule has 0 nitrogen and oxygen atoms in total. The Hall–Kier alpha value is -4.68. The van der Waals surface area contributed by atoms with Crippen LogP contribution in [-0.2, 0) is 6.42 Å². The Morgan fingerprint density at radius 2 is 1.41 bits per heavy atom. The summed E-state index contributed by atoms with van der Waals surface area (Å²) >= 11 is 0. The molecule has 3 aliphatic rings. The van der Waals surface area contributed by atoms with Crippen LogP contribution in [0.25, 0.3) is 33.5 Å². The lowest BCUT2D eigenvalue weighted by Crippen LogP contribution is -2.22. The summed E-state index contributed by atoms with van der Waals surface area (Å²) in [4.78, 5) is 0. The lowest BCUT2D eigenvalue weighted by Gasteiger charge is -2.37. The maximum atomic E-state index is 2.41. The van der Waals surface area contributed by atoms with Gasteiger partial charge < -0.3 is 0 Å². The van der Waals surface area contributed by atoms with Crippen molar-refractivity contribution in [2.75, 3.05) is 0 Å². The van der Waals surface area contributed by atoms with E-state index in [0.29, 0.717) is 5.92 Å². The SMILES string of the molecule is C1=CC2=C(c3ccc(-c4cccc5c4CCCC=C5)cc3)c3ccccc3C(c3ccc4ccccc4c3)C2C=C1. The molecule has 0 aliphatic heterocycles. The van der Waals surface area contributed by atoms with E-state index in [4.69, 9.17) is 0 Å². The van der Waals surface area contributed by atoms with Crippen molar-refractivity contribution < 1.29 is 0 Å². The average molecular weight is 525 g/mol. The van der Waals surface area contributed by atoms with Crippen molar-refractivity contribution in [3.63, 3.8) is 0 Å². The molecule has 0 saturated heterocycles. The van der Waals surface area contributed by atoms with E-state index in [1.54, 1.807) is 0 Å². The van der Waals surface area contributed by atoms with Gasteiger partial charge in [-0.3, -0.25) is 0 Å². The first-order chi connectivity index (χ1) is 20.3. The molecule has 0 heteroatoms. The van der Waals surface area contributed by atoms with Crippen molar-refractivity contribution in [3.8, 4) is 11.1 Å². The number of hydrogen-bond acceptors (Lipinski definition) is 0. The topological polar surface area (TPSA) is 0 Å². The fourth-order valence-electron chi connectivity index (χ4n) is 7.29. The maximum absolute atomic E-state index is 2.41. The second kappa shape index (κ2) is 10.1. The molecule has 0 saturated carbocycles. The highest BCUT2D eigenvalue weighted by molar-refractivity contribution is 5.90. The van der Waals surface area contributed by atoms with E-state index in [2.05, 4.69) is 146 Å². The van der Waals surface area contributed by atoms with Crippen molar-refractivity contribution in [1.29, 1.82) is 0 Å². The molecule has 0 spiro atoms. The van der Waals surface area contributed by atoms with Crippen LogP contribution in [0.3, 0.4) is 0 Å². The average Bonchev–Trinajstić information content (AvgIpc) is 3.29. The van der Waals surface area contributed by atoms with Gasteiger partial charge in [-0.25, -0.2) is 0 Å². The Morgan fingerprint density at radius 1 is 0.610 bits per heavy atom. The predicted octanol–water partition coefficient (Wildman–Crippen LogP) is 10.5. The van der Waals surface area contributed by atoms with Crippen molar-refractivity contribution in [1.82, 2.24) is 0 Å². The van der Waals surface area contributed by atoms with Gasteiger partial charge in [-0.1, -0.05) is 146 Å². The molecule has 0 radical (unpaired) electrons. The number of hydrogen-bond donors (Lipinski definition) is 0. The quantitative estimate of drug-likeness (QED) is 0.220. The lowest BCUT2D eigenvalue weighted by molar-refractivity contribution is 0.649. The van der Waals surface area contributed by atoms with Crippen LogP contribution in [0.2, 0.25) is 0 Å². The maximum Gasteiger partial charge on any atom is 0.0199 e. The summed E-state index contributed by atoms with van der Waals surface area (Å²) < 4.78 is 0. The van der Waals surface area contributed by atoms with Crippen LogP contribution in [0.5, 0.6) is 0 Å². The second-order valence-electron chi connectivity index (χ2n) is 11.5. The smallest absolute Gasteiger partial charge is 0.0199 e. The van der Waals surface area contributed by atoms with Gasteiger partial charge in [0.05, 0.1) is 0 Å². The fraction of sp³-hybridized carbons (Fsp3) is 0.122. The van der Waals surface area contributed by atoms with Gasteiger partial charge in [0.1, 0.15) is 0 Å². The molecular formula is C41H32. The highest BCUT2D eigenvalue weighted by atomic mass is 14.4. The van der Waals surface area contributed by atoms with Crippen LogP contribution in [0.4, 0.5) is 0 Å². The van der Waals surface area contributed by atoms with E-state index < -0.39 is 0 Å². The summed E-state index contributed by atoms with van der Waals surface area (Å²) in [7, 11) is 0. The Bertz CT molecular complexity index is 1910. The van der Waals surface area contributed by atoms with E-state index in [1.165, 1.54) is 72.8 Å². The minimum Gasteiger partial charge on any atom is -0.0839 e. The van der Waals surface area contributed by atoms with Gasteiger partial charge in [0.15, 0.2) is 0 Å². The summed E-state index contributed by atoms with van der Waals surface area (Å²) in [6.07, 6.45) is 17.3. The molecule has 0 aromatic heterocycles. The molecule has 0 bridgehead atoms. The minimum absolute atomic E-state index is 0.280.